The third-order valence-electron chi connectivity index (χ3n) is 4.13. The molecular formula is C14H22BrNO4S. The van der Waals surface area contributed by atoms with E-state index in [2.05, 4.69) is 27.6 Å². The molecule has 1 aliphatic rings. The van der Waals surface area contributed by atoms with E-state index in [9.17, 15) is 8.42 Å². The zero-order chi connectivity index (χ0) is 15.5. The average molecular weight is 380 g/mol. The molecule has 2 rings (SSSR count). The van der Waals surface area contributed by atoms with E-state index >= 15 is 0 Å². The van der Waals surface area contributed by atoms with Crippen molar-refractivity contribution in [1.82, 2.24) is 4.72 Å². The number of rotatable bonds is 6. The van der Waals surface area contributed by atoms with Gasteiger partial charge < -0.3 is 9.52 Å². The second-order valence-electron chi connectivity index (χ2n) is 5.82. The lowest BCUT2D eigenvalue weighted by molar-refractivity contribution is 0.245. The SMILES string of the molecule is CC1CCC(CCNS(=O)(=O)c2cc(CO)oc2Br)CC1. The Kier molecular flexibility index (Phi) is 5.88. The molecule has 1 saturated carbocycles. The fourth-order valence-electron chi connectivity index (χ4n) is 2.75. The number of aliphatic hydroxyl groups excluding tert-OH is 1. The zero-order valence-electron chi connectivity index (χ0n) is 12.1. The Morgan fingerprint density at radius 2 is 2.05 bits per heavy atom. The highest BCUT2D eigenvalue weighted by molar-refractivity contribution is 9.10. The lowest BCUT2D eigenvalue weighted by Gasteiger charge is -2.26. The highest BCUT2D eigenvalue weighted by Crippen LogP contribution is 2.30. The third kappa shape index (κ3) is 4.55. The predicted molar refractivity (Wildman–Crippen MR) is 83.3 cm³/mol. The van der Waals surface area contributed by atoms with Gasteiger partial charge in [-0.05, 0) is 34.2 Å². The maximum atomic E-state index is 12.2. The van der Waals surface area contributed by atoms with Crippen LogP contribution in [0.3, 0.4) is 0 Å². The van der Waals surface area contributed by atoms with Crippen molar-refractivity contribution in [1.29, 1.82) is 0 Å². The molecule has 0 saturated heterocycles. The van der Waals surface area contributed by atoms with Crippen LogP contribution in [-0.2, 0) is 16.6 Å². The molecular weight excluding hydrogens is 358 g/mol. The Bertz CT molecular complexity index is 562. The second-order valence-corrected chi connectivity index (χ2v) is 8.28. The number of hydrogen-bond acceptors (Lipinski definition) is 4. The number of halogens is 1. The first-order chi connectivity index (χ1) is 9.92. The van der Waals surface area contributed by atoms with Crippen molar-refractivity contribution >= 4 is 26.0 Å². The Labute approximate surface area is 134 Å². The van der Waals surface area contributed by atoms with E-state index in [1.165, 1.54) is 31.7 Å². The fraction of sp³-hybridized carbons (Fsp3) is 0.714. The predicted octanol–water partition coefficient (Wildman–Crippen LogP) is 3.03. The first-order valence-corrected chi connectivity index (χ1v) is 9.58. The van der Waals surface area contributed by atoms with E-state index in [0.717, 1.165) is 12.3 Å². The summed E-state index contributed by atoms with van der Waals surface area (Å²) in [5.41, 5.74) is 0. The number of furan rings is 1. The van der Waals surface area contributed by atoms with Crippen LogP contribution in [-0.4, -0.2) is 20.1 Å². The van der Waals surface area contributed by atoms with Crippen LogP contribution in [0.2, 0.25) is 0 Å². The molecule has 1 fully saturated rings. The van der Waals surface area contributed by atoms with Crippen molar-refractivity contribution in [2.75, 3.05) is 6.54 Å². The largest absolute Gasteiger partial charge is 0.450 e. The van der Waals surface area contributed by atoms with Gasteiger partial charge >= 0.3 is 0 Å². The van der Waals surface area contributed by atoms with Crippen molar-refractivity contribution in [3.63, 3.8) is 0 Å². The van der Waals surface area contributed by atoms with Gasteiger partial charge in [0.25, 0.3) is 0 Å². The van der Waals surface area contributed by atoms with Gasteiger partial charge in [-0.15, -0.1) is 0 Å². The second kappa shape index (κ2) is 7.26. The summed E-state index contributed by atoms with van der Waals surface area (Å²) in [6, 6.07) is 1.34. The standard InChI is InChI=1S/C14H22BrNO4S/c1-10-2-4-11(5-3-10)6-7-16-21(18,19)13-8-12(9-17)20-14(13)15/h8,10-11,16-17H,2-7,9H2,1H3. The van der Waals surface area contributed by atoms with E-state index in [-0.39, 0.29) is 21.9 Å². The van der Waals surface area contributed by atoms with E-state index in [1.807, 2.05) is 0 Å². The van der Waals surface area contributed by atoms with Gasteiger partial charge in [-0.25, -0.2) is 13.1 Å². The molecule has 0 atom stereocenters. The van der Waals surface area contributed by atoms with Crippen LogP contribution in [0.25, 0.3) is 0 Å². The van der Waals surface area contributed by atoms with Gasteiger partial charge in [0.1, 0.15) is 17.3 Å². The van der Waals surface area contributed by atoms with Gasteiger partial charge in [0.15, 0.2) is 4.67 Å². The van der Waals surface area contributed by atoms with Crippen LogP contribution in [0.1, 0.15) is 44.8 Å². The van der Waals surface area contributed by atoms with Crippen LogP contribution < -0.4 is 4.72 Å². The highest BCUT2D eigenvalue weighted by atomic mass is 79.9. The average Bonchev–Trinajstić information content (AvgIpc) is 2.83. The molecule has 0 radical (unpaired) electrons. The Hall–Kier alpha value is -0.370. The van der Waals surface area contributed by atoms with Gasteiger partial charge in [0.2, 0.25) is 10.0 Å². The molecule has 7 heteroatoms. The molecule has 0 aliphatic heterocycles. The maximum Gasteiger partial charge on any atom is 0.244 e. The Balaban J connectivity index is 1.88. The molecule has 1 heterocycles. The minimum Gasteiger partial charge on any atom is -0.450 e. The number of sulfonamides is 1. The van der Waals surface area contributed by atoms with E-state index in [0.29, 0.717) is 12.5 Å². The molecule has 1 aromatic rings. The summed E-state index contributed by atoms with van der Waals surface area (Å²) in [6.45, 7) is 2.38. The minimum atomic E-state index is -3.59. The summed E-state index contributed by atoms with van der Waals surface area (Å²) < 4.78 is 32.2. The first kappa shape index (κ1) is 17.0. The molecule has 1 aromatic heterocycles. The molecule has 120 valence electrons. The summed E-state index contributed by atoms with van der Waals surface area (Å²) in [7, 11) is -3.59. The maximum absolute atomic E-state index is 12.2. The van der Waals surface area contributed by atoms with Crippen molar-refractivity contribution in [2.45, 2.75) is 50.5 Å². The topological polar surface area (TPSA) is 79.5 Å². The summed E-state index contributed by atoms with van der Waals surface area (Å²) >= 11 is 3.07. The smallest absolute Gasteiger partial charge is 0.244 e. The fourth-order valence-corrected chi connectivity index (χ4v) is 4.80. The van der Waals surface area contributed by atoms with E-state index in [1.54, 1.807) is 0 Å². The Morgan fingerprint density at radius 1 is 1.38 bits per heavy atom. The quantitative estimate of drug-likeness (QED) is 0.795. The van der Waals surface area contributed by atoms with Crippen molar-refractivity contribution in [3.05, 3.63) is 16.5 Å². The molecule has 0 unspecified atom stereocenters. The van der Waals surface area contributed by atoms with Crippen molar-refractivity contribution in [3.8, 4) is 0 Å². The molecule has 5 nitrogen and oxygen atoms in total. The molecule has 21 heavy (non-hydrogen) atoms. The van der Waals surface area contributed by atoms with E-state index < -0.39 is 10.0 Å². The monoisotopic (exact) mass is 379 g/mol. The van der Waals surface area contributed by atoms with Gasteiger partial charge in [0.05, 0.1) is 0 Å². The van der Waals surface area contributed by atoms with Crippen LogP contribution in [0, 0.1) is 11.8 Å². The number of hydrogen-bond donors (Lipinski definition) is 2. The van der Waals surface area contributed by atoms with Crippen molar-refractivity contribution < 1.29 is 17.9 Å². The third-order valence-corrected chi connectivity index (χ3v) is 6.45. The molecule has 0 amide bonds. The summed E-state index contributed by atoms with van der Waals surface area (Å²) in [6.07, 6.45) is 5.73. The number of aliphatic hydroxyl groups is 1. The summed E-state index contributed by atoms with van der Waals surface area (Å²) in [5, 5.41) is 8.98. The van der Waals surface area contributed by atoms with E-state index in [4.69, 9.17) is 9.52 Å². The molecule has 2 N–H and O–H groups in total. The Morgan fingerprint density at radius 3 is 2.62 bits per heavy atom. The summed E-state index contributed by atoms with van der Waals surface area (Å²) in [4.78, 5) is 0.0452. The van der Waals surface area contributed by atoms with Crippen LogP contribution >= 0.6 is 15.9 Å². The van der Waals surface area contributed by atoms with Gasteiger partial charge in [0, 0.05) is 12.6 Å². The highest BCUT2D eigenvalue weighted by Gasteiger charge is 2.23. The van der Waals surface area contributed by atoms with Crippen LogP contribution in [0.4, 0.5) is 0 Å². The molecule has 0 spiro atoms. The minimum absolute atomic E-state index is 0.0452. The normalized spacial score (nSPS) is 23.4. The first-order valence-electron chi connectivity index (χ1n) is 7.31. The van der Waals surface area contributed by atoms with Crippen molar-refractivity contribution in [2.24, 2.45) is 11.8 Å². The van der Waals surface area contributed by atoms with Gasteiger partial charge in [-0.1, -0.05) is 32.6 Å². The molecule has 0 aromatic carbocycles. The lowest BCUT2D eigenvalue weighted by Crippen LogP contribution is -2.27. The van der Waals surface area contributed by atoms with Crippen LogP contribution in [0.5, 0.6) is 0 Å². The molecule has 1 aliphatic carbocycles. The zero-order valence-corrected chi connectivity index (χ0v) is 14.5. The summed E-state index contributed by atoms with van der Waals surface area (Å²) in [5.74, 6) is 1.64. The molecule has 0 bridgehead atoms. The number of nitrogens with one attached hydrogen (secondary N) is 1. The van der Waals surface area contributed by atoms with Crippen LogP contribution in [0.15, 0.2) is 20.0 Å². The lowest BCUT2D eigenvalue weighted by atomic mass is 9.81. The van der Waals surface area contributed by atoms with Gasteiger partial charge in [-0.2, -0.15) is 0 Å². The van der Waals surface area contributed by atoms with Gasteiger partial charge in [-0.3, -0.25) is 0 Å².